The van der Waals surface area contributed by atoms with Gasteiger partial charge in [-0.2, -0.15) is 0 Å². The predicted molar refractivity (Wildman–Crippen MR) is 120 cm³/mol. The maximum absolute atomic E-state index is 13.3. The third-order valence-corrected chi connectivity index (χ3v) is 5.69. The van der Waals surface area contributed by atoms with Gasteiger partial charge in [0.05, 0.1) is 29.9 Å². The third kappa shape index (κ3) is 4.23. The number of methoxy groups -OCH3 is 1. The zero-order chi connectivity index (χ0) is 22.0. The molecule has 6 nitrogen and oxygen atoms in total. The first kappa shape index (κ1) is 21.2. The minimum Gasteiger partial charge on any atom is -0.495 e. The Labute approximate surface area is 185 Å². The number of anilines is 2. The highest BCUT2D eigenvalue weighted by Crippen LogP contribution is 2.37. The van der Waals surface area contributed by atoms with Crippen LogP contribution in [0.5, 0.6) is 5.75 Å². The zero-order valence-electron chi connectivity index (χ0n) is 17.4. The Bertz CT molecular complexity index is 1100. The van der Waals surface area contributed by atoms with E-state index in [1.165, 1.54) is 12.1 Å². The van der Waals surface area contributed by atoms with Gasteiger partial charge in [0, 0.05) is 43.4 Å². The van der Waals surface area contributed by atoms with Gasteiger partial charge in [-0.25, -0.2) is 9.18 Å². The van der Waals surface area contributed by atoms with Crippen LogP contribution in [0.15, 0.2) is 42.6 Å². The van der Waals surface area contributed by atoms with E-state index in [4.69, 9.17) is 21.1 Å². The number of carbonyl (C=O) groups excluding carboxylic acids is 1. The molecule has 0 radical (unpaired) electrons. The first-order valence-electron chi connectivity index (χ1n) is 10.1. The summed E-state index contributed by atoms with van der Waals surface area (Å²) >= 11 is 6.29. The Hall–Kier alpha value is -3.06. The van der Waals surface area contributed by atoms with Crippen molar-refractivity contribution in [2.24, 2.45) is 0 Å². The van der Waals surface area contributed by atoms with E-state index >= 15 is 0 Å². The van der Waals surface area contributed by atoms with E-state index in [9.17, 15) is 9.18 Å². The Morgan fingerprint density at radius 3 is 2.45 bits per heavy atom. The van der Waals surface area contributed by atoms with Crippen LogP contribution in [-0.4, -0.2) is 50.8 Å². The number of carbonyl (C=O) groups is 1. The average Bonchev–Trinajstić information content (AvgIpc) is 2.78. The fraction of sp³-hybridized carbons (Fsp3) is 0.304. The van der Waals surface area contributed by atoms with Crippen molar-refractivity contribution in [3.05, 3.63) is 59.0 Å². The number of hydrogen-bond donors (Lipinski definition) is 0. The molecule has 31 heavy (non-hydrogen) atoms. The quantitative estimate of drug-likeness (QED) is 0.540. The number of esters is 1. The number of hydrogen-bond acceptors (Lipinski definition) is 6. The summed E-state index contributed by atoms with van der Waals surface area (Å²) in [5, 5.41) is 1.24. The number of benzene rings is 2. The van der Waals surface area contributed by atoms with Crippen molar-refractivity contribution in [3.8, 4) is 5.75 Å². The molecule has 0 unspecified atom stereocenters. The Morgan fingerprint density at radius 2 is 1.81 bits per heavy atom. The summed E-state index contributed by atoms with van der Waals surface area (Å²) in [6.45, 7) is 4.85. The molecular weight excluding hydrogens is 421 g/mol. The largest absolute Gasteiger partial charge is 0.495 e. The predicted octanol–water partition coefficient (Wildman–Crippen LogP) is 4.54. The lowest BCUT2D eigenvalue weighted by Crippen LogP contribution is -2.47. The molecule has 2 aromatic carbocycles. The standard InChI is InChI=1S/C23H23ClFN3O3/c1-3-31-23(29)18-14-26-20-13-19(24)21(30-2)12-17(20)22(18)28-10-8-27(9-11-28)16-6-4-15(25)5-7-16/h4-7,12-14H,3,8-11H2,1-2H3. The summed E-state index contributed by atoms with van der Waals surface area (Å²) in [6.07, 6.45) is 1.55. The zero-order valence-corrected chi connectivity index (χ0v) is 18.2. The Morgan fingerprint density at radius 1 is 1.13 bits per heavy atom. The number of pyridine rings is 1. The second-order valence-electron chi connectivity index (χ2n) is 7.20. The molecular formula is C23H23ClFN3O3. The summed E-state index contributed by atoms with van der Waals surface area (Å²) in [5.74, 6) is -0.151. The summed E-state index contributed by atoms with van der Waals surface area (Å²) in [4.78, 5) is 21.5. The van der Waals surface area contributed by atoms with Crippen LogP contribution in [0.25, 0.3) is 10.9 Å². The van der Waals surface area contributed by atoms with Gasteiger partial charge in [0.25, 0.3) is 0 Å². The minimum atomic E-state index is -0.415. The van der Waals surface area contributed by atoms with Gasteiger partial charge in [0.1, 0.15) is 17.1 Å². The second-order valence-corrected chi connectivity index (χ2v) is 7.60. The van der Waals surface area contributed by atoms with Crippen molar-refractivity contribution in [2.75, 3.05) is 49.7 Å². The van der Waals surface area contributed by atoms with Crippen LogP contribution in [0.3, 0.4) is 0 Å². The highest BCUT2D eigenvalue weighted by Gasteiger charge is 2.26. The number of ether oxygens (including phenoxy) is 2. The van der Waals surface area contributed by atoms with Crippen LogP contribution in [0, 0.1) is 5.82 Å². The van der Waals surface area contributed by atoms with Crippen LogP contribution >= 0.6 is 11.6 Å². The number of aromatic nitrogens is 1. The van der Waals surface area contributed by atoms with E-state index in [0.717, 1.165) is 29.9 Å². The summed E-state index contributed by atoms with van der Waals surface area (Å²) in [6, 6.07) is 10.0. The van der Waals surface area contributed by atoms with Crippen LogP contribution in [0.4, 0.5) is 15.8 Å². The summed E-state index contributed by atoms with van der Waals surface area (Å²) in [5.41, 5.74) is 2.82. The normalized spacial score (nSPS) is 14.1. The molecule has 0 atom stereocenters. The van der Waals surface area contributed by atoms with Crippen molar-refractivity contribution >= 4 is 39.8 Å². The van der Waals surface area contributed by atoms with Gasteiger partial charge in [0.15, 0.2) is 0 Å². The molecule has 0 amide bonds. The highest BCUT2D eigenvalue weighted by molar-refractivity contribution is 6.33. The van der Waals surface area contributed by atoms with E-state index in [2.05, 4.69) is 14.8 Å². The van der Waals surface area contributed by atoms with Crippen LogP contribution in [0.1, 0.15) is 17.3 Å². The van der Waals surface area contributed by atoms with E-state index in [0.29, 0.717) is 34.9 Å². The lowest BCUT2D eigenvalue weighted by molar-refractivity contribution is 0.0526. The highest BCUT2D eigenvalue weighted by atomic mass is 35.5. The SMILES string of the molecule is CCOC(=O)c1cnc2cc(Cl)c(OC)cc2c1N1CCN(c2ccc(F)cc2)CC1. The van der Waals surface area contributed by atoms with Gasteiger partial charge >= 0.3 is 5.97 Å². The molecule has 8 heteroatoms. The molecule has 0 aliphatic carbocycles. The lowest BCUT2D eigenvalue weighted by atomic mass is 10.1. The molecule has 1 fully saturated rings. The number of nitrogens with zero attached hydrogens (tertiary/aromatic N) is 3. The molecule has 1 saturated heterocycles. The lowest BCUT2D eigenvalue weighted by Gasteiger charge is -2.38. The number of piperazine rings is 1. The fourth-order valence-electron chi connectivity index (χ4n) is 3.88. The van der Waals surface area contributed by atoms with Crippen LogP contribution in [0.2, 0.25) is 5.02 Å². The van der Waals surface area contributed by atoms with Crippen molar-refractivity contribution in [1.82, 2.24) is 4.98 Å². The summed E-state index contributed by atoms with van der Waals surface area (Å²) in [7, 11) is 1.55. The van der Waals surface area contributed by atoms with Gasteiger partial charge in [-0.1, -0.05) is 11.6 Å². The second kappa shape index (κ2) is 8.98. The molecule has 0 bridgehead atoms. The number of rotatable bonds is 5. The molecule has 0 spiro atoms. The first-order valence-corrected chi connectivity index (χ1v) is 10.5. The summed E-state index contributed by atoms with van der Waals surface area (Å²) < 4.78 is 23.9. The smallest absolute Gasteiger partial charge is 0.341 e. The van der Waals surface area contributed by atoms with Crippen molar-refractivity contribution in [3.63, 3.8) is 0 Å². The first-order chi connectivity index (χ1) is 15.0. The van der Waals surface area contributed by atoms with Gasteiger partial charge in [-0.3, -0.25) is 4.98 Å². The topological polar surface area (TPSA) is 54.9 Å². The average molecular weight is 444 g/mol. The van der Waals surface area contributed by atoms with Gasteiger partial charge in [-0.15, -0.1) is 0 Å². The molecule has 162 valence electrons. The minimum absolute atomic E-state index is 0.252. The maximum Gasteiger partial charge on any atom is 0.341 e. The van der Waals surface area contributed by atoms with Crippen molar-refractivity contribution in [1.29, 1.82) is 0 Å². The maximum atomic E-state index is 13.3. The van der Waals surface area contributed by atoms with Gasteiger partial charge in [0.2, 0.25) is 0 Å². The van der Waals surface area contributed by atoms with E-state index in [1.54, 1.807) is 38.4 Å². The Kier molecular flexibility index (Phi) is 6.13. The fourth-order valence-corrected chi connectivity index (χ4v) is 4.11. The molecule has 0 saturated carbocycles. The molecule has 2 heterocycles. The molecule has 1 aliphatic heterocycles. The van der Waals surface area contributed by atoms with E-state index in [-0.39, 0.29) is 12.4 Å². The molecule has 1 aromatic heterocycles. The molecule has 3 aromatic rings. The van der Waals surface area contributed by atoms with Gasteiger partial charge in [-0.05, 0) is 43.3 Å². The van der Waals surface area contributed by atoms with Gasteiger partial charge < -0.3 is 19.3 Å². The molecule has 1 aliphatic rings. The van der Waals surface area contributed by atoms with E-state index in [1.807, 2.05) is 6.07 Å². The van der Waals surface area contributed by atoms with Crippen molar-refractivity contribution < 1.29 is 18.7 Å². The third-order valence-electron chi connectivity index (χ3n) is 5.40. The monoisotopic (exact) mass is 443 g/mol. The van der Waals surface area contributed by atoms with Crippen LogP contribution in [-0.2, 0) is 4.74 Å². The van der Waals surface area contributed by atoms with E-state index < -0.39 is 5.97 Å². The number of fused-ring (bicyclic) bond motifs is 1. The molecule has 0 N–H and O–H groups in total. The Balaban J connectivity index is 1.71. The molecule has 4 rings (SSSR count). The van der Waals surface area contributed by atoms with Crippen LogP contribution < -0.4 is 14.5 Å². The number of halogens is 2. The van der Waals surface area contributed by atoms with Crippen molar-refractivity contribution in [2.45, 2.75) is 6.92 Å².